The van der Waals surface area contributed by atoms with Crippen LogP contribution >= 0.6 is 0 Å². The van der Waals surface area contributed by atoms with Crippen LogP contribution in [0.2, 0.25) is 0 Å². The van der Waals surface area contributed by atoms with E-state index in [2.05, 4.69) is 15.3 Å². The highest BCUT2D eigenvalue weighted by atomic mass is 16.5. The Labute approximate surface area is 192 Å². The van der Waals surface area contributed by atoms with Crippen molar-refractivity contribution in [3.8, 4) is 5.88 Å². The highest BCUT2D eigenvalue weighted by molar-refractivity contribution is 5.93. The van der Waals surface area contributed by atoms with Crippen LogP contribution in [0.3, 0.4) is 0 Å². The number of anilines is 2. The number of nitrogens with one attached hydrogen (secondary N) is 1. The minimum Gasteiger partial charge on any atom is -0.474 e. The zero-order chi connectivity index (χ0) is 23.5. The zero-order valence-corrected chi connectivity index (χ0v) is 19.6. The quantitative estimate of drug-likeness (QED) is 0.556. The third kappa shape index (κ3) is 3.88. The molecule has 1 aliphatic carbocycles. The predicted octanol–water partition coefficient (Wildman–Crippen LogP) is 4.34. The van der Waals surface area contributed by atoms with Gasteiger partial charge in [0.1, 0.15) is 23.8 Å². The summed E-state index contributed by atoms with van der Waals surface area (Å²) in [6.45, 7) is 9.84. The largest absolute Gasteiger partial charge is 0.474 e. The second kappa shape index (κ2) is 7.38. The monoisotopic (exact) mass is 447 g/mol. The first-order chi connectivity index (χ1) is 15.5. The molecule has 1 saturated carbocycles. The van der Waals surface area contributed by atoms with Gasteiger partial charge < -0.3 is 20.5 Å². The summed E-state index contributed by atoms with van der Waals surface area (Å²) in [5, 5.41) is 5.05. The second-order valence-corrected chi connectivity index (χ2v) is 10.1. The molecule has 0 bridgehead atoms. The molecule has 1 atom stereocenters. The van der Waals surface area contributed by atoms with Gasteiger partial charge in [-0.05, 0) is 62.8 Å². The summed E-state index contributed by atoms with van der Waals surface area (Å²) >= 11 is 0. The molecule has 0 amide bonds. The summed E-state index contributed by atoms with van der Waals surface area (Å²) in [5.74, 6) is 1.46. The van der Waals surface area contributed by atoms with E-state index in [1.807, 2.05) is 40.7 Å². The number of esters is 1. The van der Waals surface area contributed by atoms with Crippen LogP contribution < -0.4 is 15.8 Å². The smallest absolute Gasteiger partial charge is 0.340 e. The first-order valence-corrected chi connectivity index (χ1v) is 11.3. The van der Waals surface area contributed by atoms with Crippen LogP contribution in [0.25, 0.3) is 10.8 Å². The standard InChI is InChI=1S/C25H29N5O3/c1-13-24(2,3)21-15(23(31)32-13)8-9-19(30-21)29-20-10-16-17(11-27-20)22(33-14-6-7-14)28-12-18(16)25(4,5)26/h8-14H,6-7,26H2,1-5H3,(H,27,29,30)/t13-/m0/s1. The Morgan fingerprint density at radius 3 is 2.61 bits per heavy atom. The maximum absolute atomic E-state index is 12.3. The fraction of sp³-hybridized carbons (Fsp3) is 0.440. The van der Waals surface area contributed by atoms with Crippen LogP contribution in [0.5, 0.6) is 5.88 Å². The Kier molecular flexibility index (Phi) is 4.83. The predicted molar refractivity (Wildman–Crippen MR) is 126 cm³/mol. The second-order valence-electron chi connectivity index (χ2n) is 10.1. The number of carbonyl (C=O) groups excluding carboxylic acids is 1. The molecule has 1 aliphatic heterocycles. The lowest BCUT2D eigenvalue weighted by Gasteiger charge is -2.36. The van der Waals surface area contributed by atoms with E-state index in [4.69, 9.17) is 20.2 Å². The van der Waals surface area contributed by atoms with Gasteiger partial charge in [0.25, 0.3) is 0 Å². The van der Waals surface area contributed by atoms with E-state index in [0.717, 1.165) is 29.2 Å². The molecular weight excluding hydrogens is 418 g/mol. The van der Waals surface area contributed by atoms with Crippen LogP contribution in [0.15, 0.2) is 30.6 Å². The van der Waals surface area contributed by atoms with E-state index < -0.39 is 11.0 Å². The van der Waals surface area contributed by atoms with Crippen molar-refractivity contribution in [2.45, 2.75) is 70.6 Å². The molecule has 0 aromatic carbocycles. The van der Waals surface area contributed by atoms with Crippen molar-refractivity contribution in [3.05, 3.63) is 47.4 Å². The summed E-state index contributed by atoms with van der Waals surface area (Å²) in [5.41, 5.74) is 7.56. The van der Waals surface area contributed by atoms with Crippen LogP contribution in [0.1, 0.15) is 69.1 Å². The number of hydrogen-bond acceptors (Lipinski definition) is 8. The zero-order valence-electron chi connectivity index (χ0n) is 19.6. The van der Waals surface area contributed by atoms with Crippen molar-refractivity contribution >= 4 is 28.4 Å². The van der Waals surface area contributed by atoms with Gasteiger partial charge in [0.05, 0.1) is 16.6 Å². The normalized spacial score (nSPS) is 19.7. The third-order valence-corrected chi connectivity index (χ3v) is 6.51. The maximum Gasteiger partial charge on any atom is 0.340 e. The van der Waals surface area contributed by atoms with Gasteiger partial charge in [0.2, 0.25) is 5.88 Å². The van der Waals surface area contributed by atoms with Gasteiger partial charge in [0.15, 0.2) is 0 Å². The molecule has 8 nitrogen and oxygen atoms in total. The number of ether oxygens (including phenoxy) is 2. The lowest BCUT2D eigenvalue weighted by molar-refractivity contribution is 0.00864. The average Bonchev–Trinajstić information content (AvgIpc) is 3.56. The Morgan fingerprint density at radius 1 is 1.15 bits per heavy atom. The van der Waals surface area contributed by atoms with Gasteiger partial charge in [0, 0.05) is 23.3 Å². The summed E-state index contributed by atoms with van der Waals surface area (Å²) in [4.78, 5) is 26.2. The van der Waals surface area contributed by atoms with Gasteiger partial charge in [-0.3, -0.25) is 0 Å². The molecule has 2 aliphatic rings. The lowest BCUT2D eigenvalue weighted by Crippen LogP contribution is -2.42. The Hall–Kier alpha value is -3.26. The van der Waals surface area contributed by atoms with E-state index >= 15 is 0 Å². The molecular formula is C25H29N5O3. The van der Waals surface area contributed by atoms with Gasteiger partial charge in [-0.1, -0.05) is 13.8 Å². The number of nitrogens with two attached hydrogens (primary N) is 1. The minimum atomic E-state index is -0.591. The number of aromatic nitrogens is 3. The number of fused-ring (bicyclic) bond motifs is 2. The summed E-state index contributed by atoms with van der Waals surface area (Å²) in [7, 11) is 0. The van der Waals surface area contributed by atoms with E-state index in [0.29, 0.717) is 28.8 Å². The van der Waals surface area contributed by atoms with Crippen molar-refractivity contribution < 1.29 is 14.3 Å². The molecule has 172 valence electrons. The van der Waals surface area contributed by atoms with Gasteiger partial charge >= 0.3 is 5.97 Å². The fourth-order valence-corrected chi connectivity index (χ4v) is 4.01. The van der Waals surface area contributed by atoms with Gasteiger partial charge in [-0.25, -0.2) is 19.7 Å². The van der Waals surface area contributed by atoms with Crippen LogP contribution in [0.4, 0.5) is 11.6 Å². The van der Waals surface area contributed by atoms with E-state index in [1.165, 1.54) is 0 Å². The maximum atomic E-state index is 12.3. The topological polar surface area (TPSA) is 112 Å². The summed E-state index contributed by atoms with van der Waals surface area (Å²) in [6, 6.07) is 5.46. The van der Waals surface area contributed by atoms with Crippen molar-refractivity contribution in [2.24, 2.45) is 5.73 Å². The highest BCUT2D eigenvalue weighted by Gasteiger charge is 2.41. The molecule has 8 heteroatoms. The Morgan fingerprint density at radius 2 is 1.91 bits per heavy atom. The highest BCUT2D eigenvalue weighted by Crippen LogP contribution is 2.38. The molecule has 0 saturated heterocycles. The van der Waals surface area contributed by atoms with E-state index in [9.17, 15) is 4.79 Å². The minimum absolute atomic E-state index is 0.229. The number of rotatable bonds is 5. The average molecular weight is 448 g/mol. The van der Waals surface area contributed by atoms with Crippen LogP contribution in [-0.4, -0.2) is 33.1 Å². The van der Waals surface area contributed by atoms with Crippen molar-refractivity contribution in [3.63, 3.8) is 0 Å². The molecule has 4 heterocycles. The third-order valence-electron chi connectivity index (χ3n) is 6.51. The molecule has 3 N–H and O–H groups in total. The summed E-state index contributed by atoms with van der Waals surface area (Å²) < 4.78 is 11.5. The van der Waals surface area contributed by atoms with Crippen LogP contribution in [0, 0.1) is 0 Å². The van der Waals surface area contributed by atoms with Crippen molar-refractivity contribution in [2.75, 3.05) is 5.32 Å². The molecule has 0 spiro atoms. The van der Waals surface area contributed by atoms with Crippen molar-refractivity contribution in [1.29, 1.82) is 0 Å². The Balaban J connectivity index is 1.55. The van der Waals surface area contributed by atoms with E-state index in [1.54, 1.807) is 24.5 Å². The number of cyclic esters (lactones) is 1. The van der Waals surface area contributed by atoms with Crippen LogP contribution in [-0.2, 0) is 15.7 Å². The molecule has 0 radical (unpaired) electrons. The number of pyridine rings is 3. The Bertz CT molecular complexity index is 1260. The number of carbonyl (C=O) groups is 1. The first-order valence-electron chi connectivity index (χ1n) is 11.3. The SMILES string of the molecule is C[C@@H]1OC(=O)c2ccc(Nc3cc4c(C(C)(C)N)cnc(OC5CC5)c4cn3)nc2C1(C)C. The molecule has 3 aromatic heterocycles. The summed E-state index contributed by atoms with van der Waals surface area (Å²) in [6.07, 6.45) is 5.61. The molecule has 33 heavy (non-hydrogen) atoms. The number of hydrogen-bond donors (Lipinski definition) is 2. The lowest BCUT2D eigenvalue weighted by atomic mass is 9.79. The molecule has 5 rings (SSSR count). The van der Waals surface area contributed by atoms with Crippen molar-refractivity contribution in [1.82, 2.24) is 15.0 Å². The van der Waals surface area contributed by atoms with Gasteiger partial charge in [-0.15, -0.1) is 0 Å². The number of nitrogens with zero attached hydrogens (tertiary/aromatic N) is 3. The fourth-order valence-electron chi connectivity index (χ4n) is 4.01. The van der Waals surface area contributed by atoms with E-state index in [-0.39, 0.29) is 18.2 Å². The first kappa shape index (κ1) is 21.6. The molecule has 1 fully saturated rings. The molecule has 0 unspecified atom stereocenters. The van der Waals surface area contributed by atoms with Gasteiger partial charge in [-0.2, -0.15) is 0 Å². The molecule has 3 aromatic rings.